The number of halogens is 2. The van der Waals surface area contributed by atoms with Crippen LogP contribution in [0.25, 0.3) is 0 Å². The van der Waals surface area contributed by atoms with E-state index in [1.54, 1.807) is 0 Å². The number of nitrogens with one attached hydrogen (secondary N) is 2. The molecule has 1 saturated heterocycles. The van der Waals surface area contributed by atoms with Crippen molar-refractivity contribution in [1.29, 1.82) is 0 Å². The molecule has 0 aliphatic carbocycles. The molecule has 0 bridgehead atoms. The third-order valence-electron chi connectivity index (χ3n) is 4.75. The van der Waals surface area contributed by atoms with Crippen molar-refractivity contribution in [3.63, 3.8) is 0 Å². The number of amides is 1. The molecule has 8 nitrogen and oxygen atoms in total. The minimum absolute atomic E-state index is 0.0482. The number of ether oxygens (including phenoxy) is 2. The number of morpholine rings is 1. The quantitative estimate of drug-likeness (QED) is 0.502. The molecule has 32 heavy (non-hydrogen) atoms. The van der Waals surface area contributed by atoms with E-state index < -0.39 is 15.8 Å². The van der Waals surface area contributed by atoms with Crippen LogP contribution in [0.2, 0.25) is 5.02 Å². The van der Waals surface area contributed by atoms with E-state index in [2.05, 4.69) is 14.9 Å². The molecule has 2 N–H and O–H groups in total. The van der Waals surface area contributed by atoms with Gasteiger partial charge in [0.25, 0.3) is 15.9 Å². The summed E-state index contributed by atoms with van der Waals surface area (Å²) in [4.78, 5) is 14.2. The normalized spacial score (nSPS) is 14.7. The van der Waals surface area contributed by atoms with E-state index in [4.69, 9.17) is 21.1 Å². The molecule has 0 unspecified atom stereocenters. The summed E-state index contributed by atoms with van der Waals surface area (Å²) in [5.74, 6) is -0.577. The molecule has 0 radical (unpaired) electrons. The summed E-state index contributed by atoms with van der Waals surface area (Å²) in [6, 6.07) is 8.84. The lowest BCUT2D eigenvalue weighted by molar-refractivity contribution is -0.123. The third-order valence-corrected chi connectivity index (χ3v) is 6.42. The largest absolute Gasteiger partial charge is 0.482 e. The highest BCUT2D eigenvalue weighted by atomic mass is 35.5. The monoisotopic (exact) mass is 485 g/mol. The van der Waals surface area contributed by atoms with Crippen molar-refractivity contribution < 1.29 is 27.1 Å². The number of hydrogen-bond donors (Lipinski definition) is 2. The molecule has 1 fully saturated rings. The molecule has 1 aliphatic heterocycles. The highest BCUT2D eigenvalue weighted by molar-refractivity contribution is 7.92. The SMILES string of the molecule is O=C(COc1ccc(S(=O)(=O)Nc2ccc(F)cc2)cc1Cl)NCCCN1CCOCC1. The molecule has 0 spiro atoms. The number of carbonyl (C=O) groups is 1. The van der Waals surface area contributed by atoms with E-state index in [0.29, 0.717) is 6.54 Å². The first-order valence-corrected chi connectivity index (χ1v) is 12.0. The van der Waals surface area contributed by atoms with Gasteiger partial charge in [0.05, 0.1) is 23.1 Å². The van der Waals surface area contributed by atoms with Crippen molar-refractivity contribution in [2.45, 2.75) is 11.3 Å². The molecule has 0 aromatic heterocycles. The predicted molar refractivity (Wildman–Crippen MR) is 119 cm³/mol. The summed E-state index contributed by atoms with van der Waals surface area (Å²) in [6.45, 7) is 4.46. The third kappa shape index (κ3) is 7.33. The molecule has 3 rings (SSSR count). The second-order valence-corrected chi connectivity index (χ2v) is 9.24. The Hall–Kier alpha value is -2.40. The first-order chi connectivity index (χ1) is 15.3. The smallest absolute Gasteiger partial charge is 0.261 e. The zero-order valence-corrected chi connectivity index (χ0v) is 18.9. The molecular weight excluding hydrogens is 461 g/mol. The van der Waals surface area contributed by atoms with Crippen molar-refractivity contribution >= 4 is 33.2 Å². The second kappa shape index (κ2) is 11.5. The molecule has 11 heteroatoms. The van der Waals surface area contributed by atoms with Crippen LogP contribution in [0.3, 0.4) is 0 Å². The Labute approximate surface area is 191 Å². The average Bonchev–Trinajstić information content (AvgIpc) is 2.78. The van der Waals surface area contributed by atoms with E-state index in [1.807, 2.05) is 0 Å². The maximum absolute atomic E-state index is 13.0. The standard InChI is InChI=1S/C21H25ClFN3O5S/c22-19-14-18(32(28,29)25-17-4-2-16(23)3-5-17)6-7-20(19)31-15-21(27)24-8-1-9-26-10-12-30-13-11-26/h2-7,14,25H,1,8-13,15H2,(H,24,27). The number of carbonyl (C=O) groups excluding carboxylic acids is 1. The fourth-order valence-corrected chi connectivity index (χ4v) is 4.43. The van der Waals surface area contributed by atoms with Crippen LogP contribution in [0, 0.1) is 5.82 Å². The van der Waals surface area contributed by atoms with Gasteiger partial charge in [-0.15, -0.1) is 0 Å². The van der Waals surface area contributed by atoms with E-state index in [9.17, 15) is 17.6 Å². The van der Waals surface area contributed by atoms with Crippen molar-refractivity contribution in [3.05, 3.63) is 53.3 Å². The van der Waals surface area contributed by atoms with Gasteiger partial charge in [-0.05, 0) is 55.4 Å². The van der Waals surface area contributed by atoms with Crippen molar-refractivity contribution in [3.8, 4) is 5.75 Å². The van der Waals surface area contributed by atoms with Gasteiger partial charge in [-0.3, -0.25) is 14.4 Å². The first kappa shape index (κ1) is 24.2. The van der Waals surface area contributed by atoms with Gasteiger partial charge in [0.2, 0.25) is 0 Å². The van der Waals surface area contributed by atoms with E-state index in [1.165, 1.54) is 30.3 Å². The summed E-state index contributed by atoms with van der Waals surface area (Å²) in [5, 5.41) is 2.83. The van der Waals surface area contributed by atoms with Gasteiger partial charge in [0.1, 0.15) is 11.6 Å². The van der Waals surface area contributed by atoms with Crippen molar-refractivity contribution in [2.75, 3.05) is 50.7 Å². The Morgan fingerprint density at radius 3 is 2.56 bits per heavy atom. The second-order valence-electron chi connectivity index (χ2n) is 7.15. The van der Waals surface area contributed by atoms with Gasteiger partial charge in [0, 0.05) is 25.3 Å². The molecule has 174 valence electrons. The Kier molecular flexibility index (Phi) is 8.68. The lowest BCUT2D eigenvalue weighted by atomic mass is 10.3. The minimum atomic E-state index is -3.92. The Morgan fingerprint density at radius 1 is 1.16 bits per heavy atom. The fourth-order valence-electron chi connectivity index (χ4n) is 3.05. The zero-order valence-electron chi connectivity index (χ0n) is 17.4. The highest BCUT2D eigenvalue weighted by Gasteiger charge is 2.17. The lowest BCUT2D eigenvalue weighted by Gasteiger charge is -2.26. The summed E-state index contributed by atoms with van der Waals surface area (Å²) < 4.78 is 51.0. The number of rotatable bonds is 10. The molecular formula is C21H25ClFN3O5S. The molecule has 1 aliphatic rings. The van der Waals surface area contributed by atoms with Crippen LogP contribution in [0.15, 0.2) is 47.4 Å². The number of nitrogens with zero attached hydrogens (tertiary/aromatic N) is 1. The zero-order chi connectivity index (χ0) is 23.0. The maximum atomic E-state index is 13.0. The van der Waals surface area contributed by atoms with Gasteiger partial charge in [-0.2, -0.15) is 0 Å². The molecule has 1 heterocycles. The molecule has 1 amide bonds. The van der Waals surface area contributed by atoms with Crippen LogP contribution in [0.4, 0.5) is 10.1 Å². The maximum Gasteiger partial charge on any atom is 0.261 e. The average molecular weight is 486 g/mol. The number of hydrogen-bond acceptors (Lipinski definition) is 6. The van der Waals surface area contributed by atoms with Crippen LogP contribution in [-0.4, -0.2) is 65.2 Å². The summed E-state index contributed by atoms with van der Waals surface area (Å²) >= 11 is 6.14. The topological polar surface area (TPSA) is 97.0 Å². The Morgan fingerprint density at radius 2 is 1.88 bits per heavy atom. The molecule has 2 aromatic carbocycles. The van der Waals surface area contributed by atoms with Gasteiger partial charge >= 0.3 is 0 Å². The van der Waals surface area contributed by atoms with Gasteiger partial charge in [-0.25, -0.2) is 12.8 Å². The van der Waals surface area contributed by atoms with Gasteiger partial charge in [-0.1, -0.05) is 11.6 Å². The van der Waals surface area contributed by atoms with E-state index in [0.717, 1.165) is 51.4 Å². The fraction of sp³-hybridized carbons (Fsp3) is 0.381. The van der Waals surface area contributed by atoms with Crippen LogP contribution < -0.4 is 14.8 Å². The van der Waals surface area contributed by atoms with E-state index >= 15 is 0 Å². The summed E-state index contributed by atoms with van der Waals surface area (Å²) in [6.07, 6.45) is 0.820. The summed E-state index contributed by atoms with van der Waals surface area (Å²) in [7, 11) is -3.92. The number of anilines is 1. The Bertz CT molecular complexity index is 1010. The number of benzene rings is 2. The van der Waals surface area contributed by atoms with Gasteiger partial charge < -0.3 is 14.8 Å². The molecule has 2 aromatic rings. The summed E-state index contributed by atoms with van der Waals surface area (Å²) in [5.41, 5.74) is 0.216. The van der Waals surface area contributed by atoms with Crippen LogP contribution >= 0.6 is 11.6 Å². The number of sulfonamides is 1. The highest BCUT2D eigenvalue weighted by Crippen LogP contribution is 2.28. The van der Waals surface area contributed by atoms with Crippen molar-refractivity contribution in [1.82, 2.24) is 10.2 Å². The first-order valence-electron chi connectivity index (χ1n) is 10.1. The van der Waals surface area contributed by atoms with Crippen molar-refractivity contribution in [2.24, 2.45) is 0 Å². The van der Waals surface area contributed by atoms with Gasteiger partial charge in [0.15, 0.2) is 6.61 Å². The molecule has 0 saturated carbocycles. The minimum Gasteiger partial charge on any atom is -0.482 e. The molecule has 0 atom stereocenters. The predicted octanol–water partition coefficient (Wildman–Crippen LogP) is 2.50. The van der Waals surface area contributed by atoms with E-state index in [-0.39, 0.29) is 33.9 Å². The van der Waals surface area contributed by atoms with Crippen LogP contribution in [-0.2, 0) is 19.6 Å². The lowest BCUT2D eigenvalue weighted by Crippen LogP contribution is -2.38. The Balaban J connectivity index is 1.46. The van der Waals surface area contributed by atoms with Crippen LogP contribution in [0.1, 0.15) is 6.42 Å². The van der Waals surface area contributed by atoms with Crippen LogP contribution in [0.5, 0.6) is 5.75 Å².